The molecule has 0 aromatic heterocycles. The van der Waals surface area contributed by atoms with Crippen LogP contribution in [0.2, 0.25) is 0 Å². The predicted octanol–water partition coefficient (Wildman–Crippen LogP) is -0.491. The van der Waals surface area contributed by atoms with Crippen molar-refractivity contribution in [2.45, 2.75) is 44.7 Å². The monoisotopic (exact) mass is 213 g/mol. The molecule has 1 fully saturated rings. The molecule has 1 aliphatic heterocycles. The molecule has 1 rings (SSSR count). The summed E-state index contributed by atoms with van der Waals surface area (Å²) in [6, 6.07) is 0.285. The van der Waals surface area contributed by atoms with E-state index in [-0.39, 0.29) is 24.3 Å². The molecule has 1 aliphatic rings. The standard InChI is InChI=1S/C10H19N3O2/c1-7-3-2-4-8(13-7)10(15)12-6-5-9(11)14/h7-8,13H,2-6H2,1H3,(H2,11,14)(H,12,15). The van der Waals surface area contributed by atoms with Crippen molar-refractivity contribution in [3.63, 3.8) is 0 Å². The number of piperidine rings is 1. The number of amides is 2. The van der Waals surface area contributed by atoms with E-state index < -0.39 is 0 Å². The highest BCUT2D eigenvalue weighted by Gasteiger charge is 2.23. The van der Waals surface area contributed by atoms with Crippen LogP contribution in [0.15, 0.2) is 0 Å². The Hall–Kier alpha value is -1.10. The minimum atomic E-state index is -0.389. The molecule has 0 aliphatic carbocycles. The Morgan fingerprint density at radius 3 is 2.80 bits per heavy atom. The van der Waals surface area contributed by atoms with Crippen LogP contribution in [0.1, 0.15) is 32.6 Å². The molecule has 86 valence electrons. The summed E-state index contributed by atoms with van der Waals surface area (Å²) in [5, 5.41) is 5.93. The molecule has 0 radical (unpaired) electrons. The van der Waals surface area contributed by atoms with Crippen molar-refractivity contribution in [1.29, 1.82) is 0 Å². The summed E-state index contributed by atoms with van der Waals surface area (Å²) in [4.78, 5) is 22.1. The fourth-order valence-corrected chi connectivity index (χ4v) is 1.78. The van der Waals surface area contributed by atoms with Crippen LogP contribution in [0.3, 0.4) is 0 Å². The van der Waals surface area contributed by atoms with Crippen molar-refractivity contribution in [1.82, 2.24) is 10.6 Å². The first-order chi connectivity index (χ1) is 7.09. The van der Waals surface area contributed by atoms with Gasteiger partial charge in [0.05, 0.1) is 6.04 Å². The molecule has 5 nitrogen and oxygen atoms in total. The largest absolute Gasteiger partial charge is 0.370 e. The Kier molecular flexibility index (Phi) is 4.55. The van der Waals surface area contributed by atoms with Gasteiger partial charge in [0.1, 0.15) is 0 Å². The maximum Gasteiger partial charge on any atom is 0.237 e. The molecule has 2 atom stereocenters. The molecular formula is C10H19N3O2. The quantitative estimate of drug-likeness (QED) is 0.589. The highest BCUT2D eigenvalue weighted by atomic mass is 16.2. The van der Waals surface area contributed by atoms with Crippen molar-refractivity contribution >= 4 is 11.8 Å². The van der Waals surface area contributed by atoms with Gasteiger partial charge < -0.3 is 16.4 Å². The van der Waals surface area contributed by atoms with Crippen LogP contribution < -0.4 is 16.4 Å². The molecule has 0 aromatic rings. The second-order valence-corrected chi connectivity index (χ2v) is 4.06. The first kappa shape index (κ1) is 12.0. The van der Waals surface area contributed by atoms with E-state index in [1.165, 1.54) is 0 Å². The third kappa shape index (κ3) is 4.29. The number of primary amides is 1. The number of rotatable bonds is 4. The number of nitrogens with one attached hydrogen (secondary N) is 2. The summed E-state index contributed by atoms with van der Waals surface area (Å²) >= 11 is 0. The summed E-state index contributed by atoms with van der Waals surface area (Å²) in [6.45, 7) is 2.41. The van der Waals surface area contributed by atoms with Crippen LogP contribution in [0, 0.1) is 0 Å². The van der Waals surface area contributed by atoms with Gasteiger partial charge in [-0.3, -0.25) is 9.59 Å². The van der Waals surface area contributed by atoms with Gasteiger partial charge in [-0.2, -0.15) is 0 Å². The average molecular weight is 213 g/mol. The Bertz CT molecular complexity index is 243. The van der Waals surface area contributed by atoms with Crippen LogP contribution >= 0.6 is 0 Å². The molecule has 15 heavy (non-hydrogen) atoms. The smallest absolute Gasteiger partial charge is 0.237 e. The lowest BCUT2D eigenvalue weighted by Gasteiger charge is -2.27. The summed E-state index contributed by atoms with van der Waals surface area (Å²) < 4.78 is 0. The Labute approximate surface area is 89.8 Å². The van der Waals surface area contributed by atoms with Gasteiger partial charge in [0.2, 0.25) is 11.8 Å². The Morgan fingerprint density at radius 1 is 1.47 bits per heavy atom. The van der Waals surface area contributed by atoms with Crippen molar-refractivity contribution in [2.24, 2.45) is 5.73 Å². The molecular weight excluding hydrogens is 194 g/mol. The second kappa shape index (κ2) is 5.70. The van der Waals surface area contributed by atoms with Gasteiger partial charge in [-0.05, 0) is 26.2 Å². The van der Waals surface area contributed by atoms with Gasteiger partial charge >= 0.3 is 0 Å². The molecule has 4 N–H and O–H groups in total. The fraction of sp³-hybridized carbons (Fsp3) is 0.800. The molecule has 0 saturated carbocycles. The van der Waals surface area contributed by atoms with E-state index in [0.29, 0.717) is 12.6 Å². The third-order valence-corrected chi connectivity index (χ3v) is 2.60. The third-order valence-electron chi connectivity index (χ3n) is 2.60. The fourth-order valence-electron chi connectivity index (χ4n) is 1.78. The van der Waals surface area contributed by atoms with Crippen molar-refractivity contribution in [2.75, 3.05) is 6.54 Å². The SMILES string of the molecule is CC1CCCC(C(=O)NCCC(N)=O)N1. The molecule has 0 spiro atoms. The van der Waals surface area contributed by atoms with Gasteiger partial charge in [-0.15, -0.1) is 0 Å². The summed E-state index contributed by atoms with van der Waals surface area (Å²) in [5.74, 6) is -0.414. The molecule has 0 bridgehead atoms. The molecule has 0 aromatic carbocycles. The van der Waals surface area contributed by atoms with Crippen molar-refractivity contribution in [3.05, 3.63) is 0 Å². The zero-order chi connectivity index (χ0) is 11.3. The van der Waals surface area contributed by atoms with E-state index in [1.807, 2.05) is 0 Å². The van der Waals surface area contributed by atoms with Crippen LogP contribution in [-0.2, 0) is 9.59 Å². The average Bonchev–Trinajstić information content (AvgIpc) is 2.17. The van der Waals surface area contributed by atoms with Crippen LogP contribution in [0.5, 0.6) is 0 Å². The summed E-state index contributed by atoms with van der Waals surface area (Å²) in [5.41, 5.74) is 4.97. The van der Waals surface area contributed by atoms with Gasteiger partial charge in [-0.25, -0.2) is 0 Å². The normalized spacial score (nSPS) is 25.9. The van der Waals surface area contributed by atoms with E-state index in [9.17, 15) is 9.59 Å². The van der Waals surface area contributed by atoms with Gasteiger partial charge in [0.15, 0.2) is 0 Å². The number of carbonyl (C=O) groups excluding carboxylic acids is 2. The lowest BCUT2D eigenvalue weighted by molar-refractivity contribution is -0.124. The molecule has 1 saturated heterocycles. The molecule has 5 heteroatoms. The highest BCUT2D eigenvalue weighted by Crippen LogP contribution is 2.11. The Balaban J connectivity index is 2.24. The molecule has 1 heterocycles. The maximum absolute atomic E-state index is 11.6. The van der Waals surface area contributed by atoms with E-state index in [0.717, 1.165) is 19.3 Å². The Morgan fingerprint density at radius 2 is 2.20 bits per heavy atom. The highest BCUT2D eigenvalue weighted by molar-refractivity contribution is 5.82. The number of hydrogen-bond donors (Lipinski definition) is 3. The van der Waals surface area contributed by atoms with Gasteiger partial charge in [0, 0.05) is 19.0 Å². The topological polar surface area (TPSA) is 84.2 Å². The summed E-state index contributed by atoms with van der Waals surface area (Å²) in [6.07, 6.45) is 3.26. The molecule has 2 unspecified atom stereocenters. The van der Waals surface area contributed by atoms with E-state index in [2.05, 4.69) is 17.6 Å². The van der Waals surface area contributed by atoms with Gasteiger partial charge in [0.25, 0.3) is 0 Å². The van der Waals surface area contributed by atoms with E-state index in [4.69, 9.17) is 5.73 Å². The van der Waals surface area contributed by atoms with Crippen molar-refractivity contribution < 1.29 is 9.59 Å². The first-order valence-corrected chi connectivity index (χ1v) is 5.41. The predicted molar refractivity (Wildman–Crippen MR) is 57.1 cm³/mol. The summed E-state index contributed by atoms with van der Waals surface area (Å²) in [7, 11) is 0. The van der Waals surface area contributed by atoms with Crippen LogP contribution in [0.4, 0.5) is 0 Å². The lowest BCUT2D eigenvalue weighted by Crippen LogP contribution is -2.50. The zero-order valence-electron chi connectivity index (χ0n) is 9.08. The zero-order valence-corrected chi connectivity index (χ0v) is 9.08. The van der Waals surface area contributed by atoms with E-state index in [1.54, 1.807) is 0 Å². The maximum atomic E-state index is 11.6. The molecule has 2 amide bonds. The van der Waals surface area contributed by atoms with Crippen LogP contribution in [-0.4, -0.2) is 30.4 Å². The van der Waals surface area contributed by atoms with Gasteiger partial charge in [-0.1, -0.05) is 0 Å². The number of nitrogens with two attached hydrogens (primary N) is 1. The van der Waals surface area contributed by atoms with E-state index >= 15 is 0 Å². The number of hydrogen-bond acceptors (Lipinski definition) is 3. The van der Waals surface area contributed by atoms with Crippen molar-refractivity contribution in [3.8, 4) is 0 Å². The minimum absolute atomic E-state index is 0.0252. The van der Waals surface area contributed by atoms with Crippen LogP contribution in [0.25, 0.3) is 0 Å². The number of carbonyl (C=O) groups is 2. The first-order valence-electron chi connectivity index (χ1n) is 5.41. The second-order valence-electron chi connectivity index (χ2n) is 4.06. The minimum Gasteiger partial charge on any atom is -0.370 e. The lowest BCUT2D eigenvalue weighted by atomic mass is 9.99.